The Balaban J connectivity index is 1.67. The maximum atomic E-state index is 11.1. The van der Waals surface area contributed by atoms with Crippen LogP contribution in [0.15, 0.2) is 48.5 Å². The second-order valence-electron chi connectivity index (χ2n) is 4.77. The molecule has 0 saturated heterocycles. The summed E-state index contributed by atoms with van der Waals surface area (Å²) in [7, 11) is 0. The van der Waals surface area contributed by atoms with Gasteiger partial charge < -0.3 is 15.4 Å². The van der Waals surface area contributed by atoms with Crippen molar-refractivity contribution in [2.75, 3.05) is 0 Å². The van der Waals surface area contributed by atoms with E-state index in [4.69, 9.17) is 5.11 Å². The molecule has 1 aromatic heterocycles. The summed E-state index contributed by atoms with van der Waals surface area (Å²) in [5.41, 5.74) is 3.02. The molecule has 0 aliphatic carbocycles. The number of benzene rings is 2. The number of carboxylic acid groups (broad SMARTS) is 1. The minimum absolute atomic E-state index is 0.328. The quantitative estimate of drug-likeness (QED) is 0.671. The van der Waals surface area contributed by atoms with Gasteiger partial charge in [0.2, 0.25) is 0 Å². The predicted molar refractivity (Wildman–Crippen MR) is 80.0 cm³/mol. The normalized spacial score (nSPS) is 10.9. The van der Waals surface area contributed by atoms with Gasteiger partial charge in [0.05, 0.1) is 23.1 Å². The summed E-state index contributed by atoms with van der Waals surface area (Å²) in [6, 6.07) is 14.8. The molecule has 21 heavy (non-hydrogen) atoms. The van der Waals surface area contributed by atoms with Crippen molar-refractivity contribution in [2.45, 2.75) is 13.1 Å². The molecule has 3 N–H and O–H groups in total. The van der Waals surface area contributed by atoms with Crippen molar-refractivity contribution in [1.82, 2.24) is 15.3 Å². The van der Waals surface area contributed by atoms with Crippen molar-refractivity contribution in [3.8, 4) is 0 Å². The van der Waals surface area contributed by atoms with Gasteiger partial charge in [-0.05, 0) is 23.8 Å². The van der Waals surface area contributed by atoms with Crippen molar-refractivity contribution in [3.05, 3.63) is 65.5 Å². The molecule has 0 spiro atoms. The van der Waals surface area contributed by atoms with E-state index >= 15 is 0 Å². The summed E-state index contributed by atoms with van der Waals surface area (Å²) in [6.45, 7) is 1.04. The van der Waals surface area contributed by atoms with Crippen LogP contribution in [0.4, 0.5) is 0 Å². The number of carbonyl (C=O) groups is 1. The average molecular weight is 281 g/mol. The number of aromatic carboxylic acids is 1. The van der Waals surface area contributed by atoms with Gasteiger partial charge in [-0.25, -0.2) is 9.78 Å². The van der Waals surface area contributed by atoms with Crippen LogP contribution in [0, 0.1) is 0 Å². The number of aromatic amines is 1. The molecule has 3 aromatic rings. The zero-order valence-corrected chi connectivity index (χ0v) is 11.3. The van der Waals surface area contributed by atoms with Crippen molar-refractivity contribution in [2.24, 2.45) is 0 Å². The number of hydrogen-bond donors (Lipinski definition) is 3. The van der Waals surface area contributed by atoms with Crippen LogP contribution in [0.3, 0.4) is 0 Å². The van der Waals surface area contributed by atoms with E-state index in [1.807, 2.05) is 36.4 Å². The minimum Gasteiger partial charge on any atom is -0.478 e. The van der Waals surface area contributed by atoms with Crippen LogP contribution in [0.5, 0.6) is 0 Å². The molecule has 0 bridgehead atoms. The van der Waals surface area contributed by atoms with E-state index in [0.717, 1.165) is 22.4 Å². The van der Waals surface area contributed by atoms with Gasteiger partial charge in [0, 0.05) is 6.54 Å². The Hall–Kier alpha value is -2.66. The molecule has 0 atom stereocenters. The summed E-state index contributed by atoms with van der Waals surface area (Å²) in [5, 5.41) is 12.3. The fourth-order valence-corrected chi connectivity index (χ4v) is 2.29. The summed E-state index contributed by atoms with van der Waals surface area (Å²) in [6.07, 6.45) is 0. The van der Waals surface area contributed by atoms with Crippen molar-refractivity contribution in [3.63, 3.8) is 0 Å². The van der Waals surface area contributed by atoms with Crippen molar-refractivity contribution in [1.29, 1.82) is 0 Å². The Bertz CT molecular complexity index is 747. The maximum Gasteiger partial charge on any atom is 0.336 e. The topological polar surface area (TPSA) is 78.0 Å². The minimum atomic E-state index is -0.906. The molecule has 0 amide bonds. The molecule has 0 aliphatic heterocycles. The SMILES string of the molecule is O=C(O)c1ccccc1CNCc1nc2ccccc2[nH]1. The number of imidazole rings is 1. The van der Waals surface area contributed by atoms with Gasteiger partial charge in [-0.2, -0.15) is 0 Å². The summed E-state index contributed by atoms with van der Waals surface area (Å²) in [5.74, 6) is -0.0693. The number of hydrogen-bond acceptors (Lipinski definition) is 3. The number of para-hydroxylation sites is 2. The van der Waals surface area contributed by atoms with Gasteiger partial charge in [-0.3, -0.25) is 0 Å². The van der Waals surface area contributed by atoms with E-state index < -0.39 is 5.97 Å². The zero-order valence-electron chi connectivity index (χ0n) is 11.3. The van der Waals surface area contributed by atoms with E-state index in [2.05, 4.69) is 15.3 Å². The van der Waals surface area contributed by atoms with Crippen LogP contribution < -0.4 is 5.32 Å². The van der Waals surface area contributed by atoms with Crippen LogP contribution >= 0.6 is 0 Å². The molecule has 5 heteroatoms. The van der Waals surface area contributed by atoms with Crippen molar-refractivity contribution < 1.29 is 9.90 Å². The zero-order chi connectivity index (χ0) is 14.7. The van der Waals surface area contributed by atoms with Gasteiger partial charge in [-0.1, -0.05) is 30.3 Å². The Morgan fingerprint density at radius 2 is 1.86 bits per heavy atom. The number of nitrogens with one attached hydrogen (secondary N) is 2. The Kier molecular flexibility index (Phi) is 3.66. The highest BCUT2D eigenvalue weighted by Gasteiger charge is 2.08. The summed E-state index contributed by atoms with van der Waals surface area (Å²) >= 11 is 0. The third-order valence-corrected chi connectivity index (χ3v) is 3.29. The lowest BCUT2D eigenvalue weighted by atomic mass is 10.1. The lowest BCUT2D eigenvalue weighted by Crippen LogP contribution is -2.16. The number of rotatable bonds is 5. The monoisotopic (exact) mass is 281 g/mol. The Labute approximate surface area is 121 Å². The van der Waals surface area contributed by atoms with Gasteiger partial charge in [0.15, 0.2) is 0 Å². The van der Waals surface area contributed by atoms with E-state index in [9.17, 15) is 4.79 Å². The standard InChI is InChI=1S/C16H15N3O2/c20-16(21)12-6-2-1-5-11(12)9-17-10-15-18-13-7-3-4-8-14(13)19-15/h1-8,17H,9-10H2,(H,18,19)(H,20,21). The highest BCUT2D eigenvalue weighted by Crippen LogP contribution is 2.11. The first-order chi connectivity index (χ1) is 10.2. The Morgan fingerprint density at radius 3 is 2.67 bits per heavy atom. The molecule has 0 radical (unpaired) electrons. The lowest BCUT2D eigenvalue weighted by Gasteiger charge is -2.06. The first-order valence-corrected chi connectivity index (χ1v) is 6.69. The van der Waals surface area contributed by atoms with Crippen LogP contribution in [-0.4, -0.2) is 21.0 Å². The molecule has 106 valence electrons. The molecule has 0 aliphatic rings. The molecule has 2 aromatic carbocycles. The highest BCUT2D eigenvalue weighted by molar-refractivity contribution is 5.89. The molecule has 0 saturated carbocycles. The van der Waals surface area contributed by atoms with Gasteiger partial charge in [0.1, 0.15) is 5.82 Å². The van der Waals surface area contributed by atoms with E-state index in [1.165, 1.54) is 0 Å². The molecule has 5 nitrogen and oxygen atoms in total. The first kappa shape index (κ1) is 13.3. The third-order valence-electron chi connectivity index (χ3n) is 3.29. The average Bonchev–Trinajstić information content (AvgIpc) is 2.90. The number of nitrogens with zero attached hydrogens (tertiary/aromatic N) is 1. The Morgan fingerprint density at radius 1 is 1.10 bits per heavy atom. The van der Waals surface area contributed by atoms with Gasteiger partial charge >= 0.3 is 5.97 Å². The first-order valence-electron chi connectivity index (χ1n) is 6.69. The second-order valence-corrected chi connectivity index (χ2v) is 4.77. The van der Waals surface area contributed by atoms with Crippen molar-refractivity contribution >= 4 is 17.0 Å². The number of fused-ring (bicyclic) bond motifs is 1. The molecule has 1 heterocycles. The van der Waals surface area contributed by atoms with Crippen LogP contribution in [0.2, 0.25) is 0 Å². The third kappa shape index (κ3) is 2.93. The van der Waals surface area contributed by atoms with Gasteiger partial charge in [-0.15, -0.1) is 0 Å². The molecule has 0 unspecified atom stereocenters. The fourth-order valence-electron chi connectivity index (χ4n) is 2.29. The van der Waals surface area contributed by atoms with Crippen LogP contribution in [0.25, 0.3) is 11.0 Å². The largest absolute Gasteiger partial charge is 0.478 e. The number of aromatic nitrogens is 2. The number of carboxylic acids is 1. The fraction of sp³-hybridized carbons (Fsp3) is 0.125. The molecule has 3 rings (SSSR count). The van der Waals surface area contributed by atoms with E-state index in [0.29, 0.717) is 18.7 Å². The predicted octanol–water partition coefficient (Wildman–Crippen LogP) is 2.55. The molecular weight excluding hydrogens is 266 g/mol. The summed E-state index contributed by atoms with van der Waals surface area (Å²) < 4.78 is 0. The molecule has 0 fully saturated rings. The lowest BCUT2D eigenvalue weighted by molar-refractivity contribution is 0.0695. The maximum absolute atomic E-state index is 11.1. The van der Waals surface area contributed by atoms with Crippen LogP contribution in [-0.2, 0) is 13.1 Å². The second kappa shape index (κ2) is 5.76. The highest BCUT2D eigenvalue weighted by atomic mass is 16.4. The molecular formula is C16H15N3O2. The summed E-state index contributed by atoms with van der Waals surface area (Å²) in [4.78, 5) is 18.8. The van der Waals surface area contributed by atoms with Crippen LogP contribution in [0.1, 0.15) is 21.7 Å². The smallest absolute Gasteiger partial charge is 0.336 e. The number of H-pyrrole nitrogens is 1. The van der Waals surface area contributed by atoms with Gasteiger partial charge in [0.25, 0.3) is 0 Å². The van der Waals surface area contributed by atoms with E-state index in [1.54, 1.807) is 12.1 Å². The van der Waals surface area contributed by atoms with E-state index in [-0.39, 0.29) is 0 Å².